The monoisotopic (exact) mass is 229 g/mol. The standard InChI is InChI=1S/C11H11N5O/c1-7-9(10(17)14-11(12)13-7)16-15-8-5-3-2-4-6-8/h2-6H,1H3,(H3,12,13,14,17). The number of nitrogen functional groups attached to an aromatic ring is 1. The predicted molar refractivity (Wildman–Crippen MR) is 64.6 cm³/mol. The third kappa shape index (κ3) is 2.54. The maximum absolute atomic E-state index is 11.6. The molecule has 0 aliphatic carbocycles. The molecule has 0 atom stereocenters. The van der Waals surface area contributed by atoms with E-state index in [-0.39, 0.29) is 11.6 Å². The van der Waals surface area contributed by atoms with Crippen molar-refractivity contribution in [2.45, 2.75) is 6.92 Å². The van der Waals surface area contributed by atoms with E-state index in [0.717, 1.165) is 0 Å². The number of aryl methyl sites for hydroxylation is 1. The zero-order valence-corrected chi connectivity index (χ0v) is 9.21. The van der Waals surface area contributed by atoms with Gasteiger partial charge in [-0.25, -0.2) is 4.98 Å². The van der Waals surface area contributed by atoms with Crippen molar-refractivity contribution in [3.63, 3.8) is 0 Å². The number of hydrogen-bond donors (Lipinski definition) is 2. The molecule has 2 aromatic rings. The number of hydrogen-bond acceptors (Lipinski definition) is 5. The molecule has 0 bridgehead atoms. The molecule has 1 aromatic heterocycles. The largest absolute Gasteiger partial charge is 0.369 e. The van der Waals surface area contributed by atoms with E-state index in [1.807, 2.05) is 18.2 Å². The number of aromatic nitrogens is 2. The first-order chi connectivity index (χ1) is 8.16. The molecule has 0 fully saturated rings. The van der Waals surface area contributed by atoms with Crippen molar-refractivity contribution >= 4 is 17.3 Å². The van der Waals surface area contributed by atoms with Crippen LogP contribution in [0.15, 0.2) is 45.4 Å². The van der Waals surface area contributed by atoms with Crippen LogP contribution in [-0.4, -0.2) is 9.97 Å². The summed E-state index contributed by atoms with van der Waals surface area (Å²) in [5.74, 6) is 0.0751. The quantitative estimate of drug-likeness (QED) is 0.771. The second kappa shape index (κ2) is 4.56. The molecule has 0 spiro atoms. The van der Waals surface area contributed by atoms with Gasteiger partial charge in [-0.05, 0) is 19.1 Å². The Morgan fingerprint density at radius 3 is 2.59 bits per heavy atom. The van der Waals surface area contributed by atoms with Gasteiger partial charge in [0.05, 0.1) is 11.4 Å². The van der Waals surface area contributed by atoms with Crippen LogP contribution in [0.2, 0.25) is 0 Å². The second-order valence-electron chi connectivity index (χ2n) is 3.42. The number of aromatic amines is 1. The van der Waals surface area contributed by atoms with Crippen molar-refractivity contribution in [3.8, 4) is 0 Å². The average Bonchev–Trinajstić information content (AvgIpc) is 2.29. The molecule has 0 saturated heterocycles. The highest BCUT2D eigenvalue weighted by atomic mass is 16.1. The smallest absolute Gasteiger partial charge is 0.280 e. The number of azo groups is 1. The minimum absolute atomic E-state index is 0.0751. The molecule has 0 radical (unpaired) electrons. The zero-order chi connectivity index (χ0) is 12.3. The summed E-state index contributed by atoms with van der Waals surface area (Å²) in [7, 11) is 0. The molecule has 1 heterocycles. The van der Waals surface area contributed by atoms with Crippen LogP contribution in [-0.2, 0) is 0 Å². The van der Waals surface area contributed by atoms with E-state index in [0.29, 0.717) is 11.4 Å². The molecule has 3 N–H and O–H groups in total. The Labute approximate surface area is 97.2 Å². The van der Waals surface area contributed by atoms with Crippen molar-refractivity contribution in [2.24, 2.45) is 10.2 Å². The van der Waals surface area contributed by atoms with E-state index in [1.165, 1.54) is 0 Å². The predicted octanol–water partition coefficient (Wildman–Crippen LogP) is 2.08. The van der Waals surface area contributed by atoms with Crippen LogP contribution in [0.1, 0.15) is 5.69 Å². The van der Waals surface area contributed by atoms with Crippen molar-refractivity contribution in [2.75, 3.05) is 5.73 Å². The molecule has 6 heteroatoms. The first-order valence-corrected chi connectivity index (χ1v) is 5.00. The molecular formula is C11H11N5O. The van der Waals surface area contributed by atoms with Crippen LogP contribution < -0.4 is 11.3 Å². The molecular weight excluding hydrogens is 218 g/mol. The third-order valence-corrected chi connectivity index (χ3v) is 2.11. The summed E-state index contributed by atoms with van der Waals surface area (Å²) < 4.78 is 0. The number of nitrogens with two attached hydrogens (primary N) is 1. The number of rotatable bonds is 2. The first kappa shape index (κ1) is 11.0. The van der Waals surface area contributed by atoms with Crippen molar-refractivity contribution in [3.05, 3.63) is 46.4 Å². The molecule has 6 nitrogen and oxygen atoms in total. The molecule has 0 aliphatic rings. The van der Waals surface area contributed by atoms with Gasteiger partial charge < -0.3 is 5.73 Å². The van der Waals surface area contributed by atoms with E-state index in [4.69, 9.17) is 5.73 Å². The number of anilines is 1. The number of H-pyrrole nitrogens is 1. The normalized spacial score (nSPS) is 10.9. The van der Waals surface area contributed by atoms with E-state index in [2.05, 4.69) is 20.2 Å². The fraction of sp³-hybridized carbons (Fsp3) is 0.0909. The fourth-order valence-electron chi connectivity index (χ4n) is 1.32. The van der Waals surface area contributed by atoms with Crippen LogP contribution >= 0.6 is 0 Å². The van der Waals surface area contributed by atoms with E-state index in [1.54, 1.807) is 19.1 Å². The Hall–Kier alpha value is -2.50. The summed E-state index contributed by atoms with van der Waals surface area (Å²) >= 11 is 0. The molecule has 2 rings (SSSR count). The Balaban J connectivity index is 2.37. The third-order valence-electron chi connectivity index (χ3n) is 2.11. The summed E-state index contributed by atoms with van der Waals surface area (Å²) in [6, 6.07) is 9.14. The van der Waals surface area contributed by atoms with Crippen LogP contribution in [0.3, 0.4) is 0 Å². The van der Waals surface area contributed by atoms with Gasteiger partial charge in [0.15, 0.2) is 5.69 Å². The zero-order valence-electron chi connectivity index (χ0n) is 9.21. The Morgan fingerprint density at radius 2 is 1.94 bits per heavy atom. The molecule has 0 saturated carbocycles. The summed E-state index contributed by atoms with van der Waals surface area (Å²) in [5, 5.41) is 7.83. The molecule has 17 heavy (non-hydrogen) atoms. The highest BCUT2D eigenvalue weighted by Crippen LogP contribution is 2.16. The lowest BCUT2D eigenvalue weighted by Gasteiger charge is -1.98. The second-order valence-corrected chi connectivity index (χ2v) is 3.42. The summed E-state index contributed by atoms with van der Waals surface area (Å²) in [6.45, 7) is 1.66. The molecule has 1 aromatic carbocycles. The van der Waals surface area contributed by atoms with Gasteiger partial charge in [-0.1, -0.05) is 18.2 Å². The van der Waals surface area contributed by atoms with E-state index < -0.39 is 5.56 Å². The van der Waals surface area contributed by atoms with Gasteiger partial charge >= 0.3 is 0 Å². The molecule has 86 valence electrons. The fourth-order valence-corrected chi connectivity index (χ4v) is 1.32. The SMILES string of the molecule is Cc1nc(N)[nH]c(=O)c1N=Nc1ccccc1. The topological polar surface area (TPSA) is 96.5 Å². The lowest BCUT2D eigenvalue weighted by Crippen LogP contribution is -2.11. The van der Waals surface area contributed by atoms with Gasteiger partial charge in [0, 0.05) is 0 Å². The van der Waals surface area contributed by atoms with Crippen molar-refractivity contribution in [1.29, 1.82) is 0 Å². The van der Waals surface area contributed by atoms with Gasteiger partial charge in [0.25, 0.3) is 5.56 Å². The summed E-state index contributed by atoms with van der Waals surface area (Å²) in [4.78, 5) is 17.8. The van der Waals surface area contributed by atoms with E-state index >= 15 is 0 Å². The van der Waals surface area contributed by atoms with Crippen LogP contribution in [0.5, 0.6) is 0 Å². The van der Waals surface area contributed by atoms with Crippen LogP contribution in [0.4, 0.5) is 17.3 Å². The highest BCUT2D eigenvalue weighted by Gasteiger charge is 2.05. The maximum Gasteiger partial charge on any atom is 0.280 e. The Bertz CT molecular complexity index is 603. The van der Waals surface area contributed by atoms with Crippen LogP contribution in [0.25, 0.3) is 0 Å². The lowest BCUT2D eigenvalue weighted by molar-refractivity contribution is 1.05. The number of nitrogens with one attached hydrogen (secondary N) is 1. The van der Waals surface area contributed by atoms with Gasteiger partial charge in [0.1, 0.15) is 0 Å². The van der Waals surface area contributed by atoms with E-state index in [9.17, 15) is 4.79 Å². The van der Waals surface area contributed by atoms with Crippen molar-refractivity contribution in [1.82, 2.24) is 9.97 Å². The molecule has 0 unspecified atom stereocenters. The number of nitrogens with zero attached hydrogens (tertiary/aromatic N) is 3. The van der Waals surface area contributed by atoms with Crippen molar-refractivity contribution < 1.29 is 0 Å². The van der Waals surface area contributed by atoms with Gasteiger partial charge in [-0.15, -0.1) is 5.11 Å². The summed E-state index contributed by atoms with van der Waals surface area (Å²) in [6.07, 6.45) is 0. The van der Waals surface area contributed by atoms with Crippen LogP contribution in [0, 0.1) is 6.92 Å². The Morgan fingerprint density at radius 1 is 1.24 bits per heavy atom. The first-order valence-electron chi connectivity index (χ1n) is 5.00. The summed E-state index contributed by atoms with van der Waals surface area (Å²) in [5.41, 5.74) is 6.29. The molecule has 0 amide bonds. The average molecular weight is 229 g/mol. The lowest BCUT2D eigenvalue weighted by atomic mass is 10.3. The minimum Gasteiger partial charge on any atom is -0.369 e. The van der Waals surface area contributed by atoms with Gasteiger partial charge in [-0.2, -0.15) is 5.11 Å². The van der Waals surface area contributed by atoms with Gasteiger partial charge in [0.2, 0.25) is 5.95 Å². The molecule has 0 aliphatic heterocycles. The Kier molecular flexibility index (Phi) is 2.95. The maximum atomic E-state index is 11.6. The highest BCUT2D eigenvalue weighted by molar-refractivity contribution is 5.42. The minimum atomic E-state index is -0.394. The number of benzene rings is 1. The van der Waals surface area contributed by atoms with Gasteiger partial charge in [-0.3, -0.25) is 9.78 Å².